The molecule has 0 unspecified atom stereocenters. The van der Waals surface area contributed by atoms with Crippen LogP contribution >= 0.6 is 11.6 Å². The van der Waals surface area contributed by atoms with E-state index in [0.717, 1.165) is 5.56 Å². The van der Waals surface area contributed by atoms with Crippen molar-refractivity contribution in [2.45, 2.75) is 6.42 Å². The number of hydrogen-bond donors (Lipinski definition) is 0. The van der Waals surface area contributed by atoms with Crippen LogP contribution in [0.5, 0.6) is 5.75 Å². The molecule has 1 heterocycles. The average Bonchev–Trinajstić information content (AvgIpc) is 2.39. The van der Waals surface area contributed by atoms with Gasteiger partial charge in [0.05, 0.1) is 11.2 Å². The van der Waals surface area contributed by atoms with Gasteiger partial charge in [0.15, 0.2) is 5.78 Å². The van der Waals surface area contributed by atoms with E-state index in [4.69, 9.17) is 16.3 Å². The largest absolute Gasteiger partial charge is 0.484 e. The molecular formula is C14H11ClFNO2. The lowest BCUT2D eigenvalue weighted by Gasteiger charge is -2.05. The summed E-state index contributed by atoms with van der Waals surface area (Å²) in [7, 11) is 0. The van der Waals surface area contributed by atoms with Crippen LogP contribution in [0.25, 0.3) is 0 Å². The van der Waals surface area contributed by atoms with Crippen molar-refractivity contribution in [2.75, 3.05) is 6.61 Å². The van der Waals surface area contributed by atoms with Gasteiger partial charge in [-0.05, 0) is 17.7 Å². The standard InChI is InChI=1S/C14H11ClFNO2/c15-11-6-14(8-17-7-11)19-9-13(18)5-10-1-3-12(16)4-2-10/h1-4,6-8H,5,9H2. The van der Waals surface area contributed by atoms with Crippen LogP contribution in [0, 0.1) is 5.82 Å². The van der Waals surface area contributed by atoms with Crippen LogP contribution < -0.4 is 4.74 Å². The van der Waals surface area contributed by atoms with Gasteiger partial charge >= 0.3 is 0 Å². The molecule has 0 amide bonds. The summed E-state index contributed by atoms with van der Waals surface area (Å²) in [5.41, 5.74) is 0.749. The molecule has 1 aromatic heterocycles. The predicted octanol–water partition coefficient (Wildman–Crippen LogP) is 3.06. The molecule has 5 heteroatoms. The Morgan fingerprint density at radius 3 is 2.68 bits per heavy atom. The first-order chi connectivity index (χ1) is 9.13. The second-order valence-corrected chi connectivity index (χ2v) is 4.41. The summed E-state index contributed by atoms with van der Waals surface area (Å²) < 4.78 is 18.0. The molecule has 1 aromatic carbocycles. The van der Waals surface area contributed by atoms with Crippen LogP contribution in [0.4, 0.5) is 4.39 Å². The zero-order valence-corrected chi connectivity index (χ0v) is 10.7. The van der Waals surface area contributed by atoms with E-state index in [1.807, 2.05) is 0 Å². The molecule has 3 nitrogen and oxygen atoms in total. The Balaban J connectivity index is 1.86. The minimum Gasteiger partial charge on any atom is -0.484 e. The highest BCUT2D eigenvalue weighted by molar-refractivity contribution is 6.30. The van der Waals surface area contributed by atoms with E-state index in [9.17, 15) is 9.18 Å². The summed E-state index contributed by atoms with van der Waals surface area (Å²) in [6.07, 6.45) is 3.17. The first kappa shape index (κ1) is 13.5. The number of carbonyl (C=O) groups is 1. The minimum atomic E-state index is -0.322. The fourth-order valence-electron chi connectivity index (χ4n) is 1.52. The van der Waals surface area contributed by atoms with Gasteiger partial charge in [0.1, 0.15) is 18.2 Å². The number of benzene rings is 1. The third-order valence-corrected chi connectivity index (χ3v) is 2.60. The SMILES string of the molecule is O=C(COc1cncc(Cl)c1)Cc1ccc(F)cc1. The van der Waals surface area contributed by atoms with Gasteiger partial charge in [-0.15, -0.1) is 0 Å². The van der Waals surface area contributed by atoms with Gasteiger partial charge in [-0.1, -0.05) is 23.7 Å². The van der Waals surface area contributed by atoms with Crippen LogP contribution in [-0.4, -0.2) is 17.4 Å². The van der Waals surface area contributed by atoms with Crippen LogP contribution in [0.3, 0.4) is 0 Å². The third-order valence-electron chi connectivity index (χ3n) is 2.39. The molecule has 2 rings (SSSR count). The summed E-state index contributed by atoms with van der Waals surface area (Å²) in [6, 6.07) is 7.39. The second-order valence-electron chi connectivity index (χ2n) is 3.97. The minimum absolute atomic E-state index is 0.0700. The number of Topliss-reactive ketones (excluding diaryl/α,β-unsaturated/α-hetero) is 1. The Hall–Kier alpha value is -1.94. The van der Waals surface area contributed by atoms with E-state index >= 15 is 0 Å². The molecule has 0 aliphatic carbocycles. The molecule has 0 spiro atoms. The molecule has 0 saturated carbocycles. The molecule has 2 aromatic rings. The van der Waals surface area contributed by atoms with Gasteiger partial charge in [-0.2, -0.15) is 0 Å². The second kappa shape index (κ2) is 6.29. The first-order valence-electron chi connectivity index (χ1n) is 5.63. The topological polar surface area (TPSA) is 39.2 Å². The molecular weight excluding hydrogens is 269 g/mol. The Kier molecular flexibility index (Phi) is 4.47. The maximum absolute atomic E-state index is 12.7. The number of nitrogens with zero attached hydrogens (tertiary/aromatic N) is 1. The van der Waals surface area contributed by atoms with Crippen LogP contribution in [0.1, 0.15) is 5.56 Å². The van der Waals surface area contributed by atoms with Crippen molar-refractivity contribution in [3.63, 3.8) is 0 Å². The molecule has 0 aliphatic rings. The Bertz CT molecular complexity index is 572. The zero-order valence-electron chi connectivity index (χ0n) is 9.98. The summed E-state index contributed by atoms with van der Waals surface area (Å²) >= 11 is 5.74. The lowest BCUT2D eigenvalue weighted by Crippen LogP contribution is -2.13. The molecule has 0 bridgehead atoms. The van der Waals surface area contributed by atoms with E-state index < -0.39 is 0 Å². The van der Waals surface area contributed by atoms with Gasteiger partial charge in [-0.25, -0.2) is 4.39 Å². The van der Waals surface area contributed by atoms with Crippen molar-refractivity contribution in [2.24, 2.45) is 0 Å². The van der Waals surface area contributed by atoms with Crippen LogP contribution in [0.15, 0.2) is 42.7 Å². The summed E-state index contributed by atoms with van der Waals surface area (Å²) in [4.78, 5) is 15.5. The van der Waals surface area contributed by atoms with Gasteiger partial charge in [0, 0.05) is 18.7 Å². The highest BCUT2D eigenvalue weighted by atomic mass is 35.5. The lowest BCUT2D eigenvalue weighted by atomic mass is 10.1. The molecule has 0 aliphatic heterocycles. The van der Waals surface area contributed by atoms with Crippen molar-refractivity contribution in [1.29, 1.82) is 0 Å². The highest BCUT2D eigenvalue weighted by Gasteiger charge is 2.06. The number of rotatable bonds is 5. The van der Waals surface area contributed by atoms with E-state index in [1.54, 1.807) is 18.2 Å². The first-order valence-corrected chi connectivity index (χ1v) is 6.01. The summed E-state index contributed by atoms with van der Waals surface area (Å²) in [6.45, 7) is -0.0700. The molecule has 98 valence electrons. The maximum Gasteiger partial charge on any atom is 0.174 e. The van der Waals surface area contributed by atoms with Crippen molar-refractivity contribution >= 4 is 17.4 Å². The quantitative estimate of drug-likeness (QED) is 0.844. The molecule has 0 fully saturated rings. The lowest BCUT2D eigenvalue weighted by molar-refractivity contribution is -0.120. The number of carbonyl (C=O) groups excluding carboxylic acids is 1. The molecule has 19 heavy (non-hydrogen) atoms. The number of hydrogen-bond acceptors (Lipinski definition) is 3. The molecule has 0 saturated heterocycles. The van der Waals surface area contributed by atoms with Crippen LogP contribution in [0.2, 0.25) is 5.02 Å². The van der Waals surface area contributed by atoms with E-state index in [2.05, 4.69) is 4.98 Å². The van der Waals surface area contributed by atoms with E-state index in [-0.39, 0.29) is 24.6 Å². The average molecular weight is 280 g/mol. The monoisotopic (exact) mass is 279 g/mol. The zero-order chi connectivity index (χ0) is 13.7. The maximum atomic E-state index is 12.7. The number of pyridine rings is 1. The van der Waals surface area contributed by atoms with Gasteiger partial charge in [-0.3, -0.25) is 9.78 Å². The number of ether oxygens (including phenoxy) is 1. The van der Waals surface area contributed by atoms with Crippen LogP contribution in [-0.2, 0) is 11.2 Å². The number of ketones is 1. The number of halogens is 2. The molecule has 0 N–H and O–H groups in total. The van der Waals surface area contributed by atoms with Gasteiger partial charge < -0.3 is 4.74 Å². The van der Waals surface area contributed by atoms with Crippen molar-refractivity contribution < 1.29 is 13.9 Å². The van der Waals surface area contributed by atoms with Crippen molar-refractivity contribution in [1.82, 2.24) is 4.98 Å². The van der Waals surface area contributed by atoms with E-state index in [1.165, 1.54) is 24.5 Å². The molecule has 0 atom stereocenters. The van der Waals surface area contributed by atoms with Gasteiger partial charge in [0.25, 0.3) is 0 Å². The fraction of sp³-hybridized carbons (Fsp3) is 0.143. The third kappa shape index (κ3) is 4.34. The Labute approximate surface area is 115 Å². The Morgan fingerprint density at radius 2 is 2.00 bits per heavy atom. The fourth-order valence-corrected chi connectivity index (χ4v) is 1.68. The molecule has 0 radical (unpaired) electrons. The van der Waals surface area contributed by atoms with E-state index in [0.29, 0.717) is 10.8 Å². The van der Waals surface area contributed by atoms with Crippen molar-refractivity contribution in [3.05, 3.63) is 59.1 Å². The smallest absolute Gasteiger partial charge is 0.174 e. The highest BCUT2D eigenvalue weighted by Crippen LogP contribution is 2.15. The Morgan fingerprint density at radius 1 is 1.26 bits per heavy atom. The summed E-state index contributed by atoms with van der Waals surface area (Å²) in [5, 5.41) is 0.448. The van der Waals surface area contributed by atoms with Crippen molar-refractivity contribution in [3.8, 4) is 5.75 Å². The summed E-state index contributed by atoms with van der Waals surface area (Å²) in [5.74, 6) is 0.0176. The van der Waals surface area contributed by atoms with Gasteiger partial charge in [0.2, 0.25) is 0 Å². The number of aromatic nitrogens is 1. The predicted molar refractivity (Wildman–Crippen MR) is 69.9 cm³/mol. The normalized spacial score (nSPS) is 10.2.